The summed E-state index contributed by atoms with van der Waals surface area (Å²) in [6.45, 7) is 36.6. The first kappa shape index (κ1) is 105. The molecule has 4 N–H and O–H groups in total. The number of aldehydes is 1. The van der Waals surface area contributed by atoms with Crippen molar-refractivity contribution in [3.05, 3.63) is 166 Å². The molecule has 36 heteroatoms. The Morgan fingerprint density at radius 1 is 0.438 bits per heavy atom. The third-order valence-corrected chi connectivity index (χ3v) is 32.7. The van der Waals surface area contributed by atoms with E-state index in [0.29, 0.717) is 111 Å². The molecule has 35 nitrogen and oxygen atoms in total. The Balaban J connectivity index is 0.000000148. The number of likely N-dealkylation sites (tertiary alicyclic amines) is 4. The van der Waals surface area contributed by atoms with Gasteiger partial charge < -0.3 is 87.7 Å². The van der Waals surface area contributed by atoms with E-state index in [4.69, 9.17) is 65.1 Å². The second-order valence-electron chi connectivity index (χ2n) is 40.4. The molecule has 5 saturated carbocycles. The van der Waals surface area contributed by atoms with Crippen molar-refractivity contribution in [3.63, 3.8) is 0 Å². The van der Waals surface area contributed by atoms with Crippen molar-refractivity contribution in [1.29, 1.82) is 0 Å². The SMILES string of the molecule is C=C[C@H]1C[C@@H]1c1cncc(OC[C@@H]2CCN2C(=O)OC(C)(C)C)c1.CC(=O)OI1(OC(C)=O)(OC(C)=O)OC(=O)c2ccccc21.CC(C)(C)OC(=O)N1CC[C@H]1COc1cncc([C@H]2C[C@@H]2C=O)c1.CC(C)(C)OC(=O)N1CC[C@H]1COc1cncc([C@H]2C[C@@H]2CCO)c1.CC(C)(C)OC(=O)N1CC[C@H]1COc1cncc([C@H]2C[C@@H]2CO)c1.OCC[C@H]1C[C@@H]1c1cncc(OC[C@@H]2CCN2)c1. The Hall–Kier alpha value is -11.1. The largest absolute Gasteiger partial charge is 0.490 e. The number of benzene rings is 1. The van der Waals surface area contributed by atoms with E-state index in [-0.39, 0.29) is 89.3 Å². The van der Waals surface area contributed by atoms with E-state index in [0.717, 1.165) is 139 Å². The molecule has 0 unspecified atom stereocenters. The fourth-order valence-electron chi connectivity index (χ4n) is 16.4. The predicted molar refractivity (Wildman–Crippen MR) is 511 cm³/mol. The molecule has 0 spiro atoms. The molecule has 748 valence electrons. The number of aliphatic hydroxyl groups excluding tert-OH is 3. The van der Waals surface area contributed by atoms with Gasteiger partial charge in [-0.2, -0.15) is 0 Å². The number of hydrogen-bond donors (Lipinski definition) is 4. The van der Waals surface area contributed by atoms with Gasteiger partial charge in [-0.25, -0.2) is 19.2 Å². The van der Waals surface area contributed by atoms with Crippen molar-refractivity contribution < 1.29 is 113 Å². The molecule has 4 amide bonds. The first-order chi connectivity index (χ1) is 65.0. The fraction of sp³-hybridized carbons (Fsp3) is 0.584. The third-order valence-electron chi connectivity index (χ3n) is 24.6. The maximum atomic E-state index is 12.1. The summed E-state index contributed by atoms with van der Waals surface area (Å²) in [6.07, 6.45) is 31.8. The number of hydrogen-bond acceptors (Lipinski definition) is 31. The van der Waals surface area contributed by atoms with Gasteiger partial charge in [-0.05, 0) is 278 Å². The number of allylic oxidation sites excluding steroid dienone is 1. The second kappa shape index (κ2) is 45.7. The van der Waals surface area contributed by atoms with E-state index in [1.165, 1.54) is 47.7 Å². The van der Waals surface area contributed by atoms with Gasteiger partial charge in [0.05, 0.1) is 55.2 Å². The van der Waals surface area contributed by atoms with E-state index >= 15 is 0 Å². The predicted octanol–water partition coefficient (Wildman–Crippen LogP) is 15.3. The zero-order valence-corrected chi connectivity index (χ0v) is 83.6. The van der Waals surface area contributed by atoms with E-state index < -0.39 is 65.0 Å². The Morgan fingerprint density at radius 3 is 1.01 bits per heavy atom. The molecule has 0 radical (unpaired) electrons. The molecule has 5 aromatic heterocycles. The molecule has 5 aliphatic carbocycles. The van der Waals surface area contributed by atoms with Gasteiger partial charge in [-0.3, -0.25) is 24.9 Å². The van der Waals surface area contributed by atoms with Crippen LogP contribution in [0.5, 0.6) is 28.7 Å². The summed E-state index contributed by atoms with van der Waals surface area (Å²) < 4.78 is 71.3. The van der Waals surface area contributed by atoms with E-state index in [1.807, 2.05) is 132 Å². The fourth-order valence-corrected chi connectivity index (χ4v) is 24.1. The molecule has 15 atom stereocenters. The topological polar surface area (TPSA) is 424 Å². The molecular weight excluding hydrogens is 1880 g/mol. The van der Waals surface area contributed by atoms with Gasteiger partial charge >= 0.3 is 153 Å². The zero-order chi connectivity index (χ0) is 98.9. The van der Waals surface area contributed by atoms with Crippen LogP contribution in [0.15, 0.2) is 129 Å². The van der Waals surface area contributed by atoms with Gasteiger partial charge in [0.15, 0.2) is 0 Å². The molecule has 137 heavy (non-hydrogen) atoms. The number of halogens is 1. The van der Waals surface area contributed by atoms with Crippen molar-refractivity contribution in [2.75, 3.05) is 85.6 Å². The van der Waals surface area contributed by atoms with Crippen LogP contribution in [0.2, 0.25) is 0 Å². The average Bonchev–Trinajstić information content (AvgIpc) is 1.55. The molecule has 10 fully saturated rings. The number of carbonyl (C=O) groups is 9. The number of nitrogens with zero attached hydrogens (tertiary/aromatic N) is 9. The van der Waals surface area contributed by atoms with E-state index in [2.05, 4.69) is 48.9 Å². The Bertz CT molecular complexity index is 5030. The molecular formula is C101H137IN10O25. The molecule has 11 aliphatic rings. The molecule has 6 aromatic rings. The quantitative estimate of drug-likeness (QED) is 0.0141. The van der Waals surface area contributed by atoms with Crippen molar-refractivity contribution in [2.45, 2.75) is 263 Å². The molecule has 0 bridgehead atoms. The second-order valence-corrected chi connectivity index (χ2v) is 47.2. The van der Waals surface area contributed by atoms with Crippen LogP contribution < -0.4 is 29.0 Å². The van der Waals surface area contributed by atoms with Gasteiger partial charge in [0.1, 0.15) is 90.5 Å². The van der Waals surface area contributed by atoms with Gasteiger partial charge in [0.2, 0.25) is 0 Å². The summed E-state index contributed by atoms with van der Waals surface area (Å²) in [4.78, 5) is 134. The van der Waals surface area contributed by atoms with Crippen LogP contribution in [0.1, 0.15) is 249 Å². The van der Waals surface area contributed by atoms with Gasteiger partial charge in [-0.1, -0.05) is 6.08 Å². The summed E-state index contributed by atoms with van der Waals surface area (Å²) in [7, 11) is 0. The smallest absolute Gasteiger partial charge is 0.410 e. The number of carbonyl (C=O) groups excluding carboxylic acids is 9. The van der Waals surface area contributed by atoms with Crippen LogP contribution in [-0.4, -0.2) is 253 Å². The number of amides is 4. The number of fused-ring (bicyclic) bond motifs is 1. The van der Waals surface area contributed by atoms with Crippen LogP contribution >= 0.6 is 18.7 Å². The summed E-state index contributed by atoms with van der Waals surface area (Å²) in [5.74, 6) is 4.65. The zero-order valence-electron chi connectivity index (χ0n) is 81.4. The Morgan fingerprint density at radius 2 is 0.745 bits per heavy atom. The average molecular weight is 2020 g/mol. The minimum Gasteiger partial charge on any atom is -0.490 e. The minimum atomic E-state index is -6.03. The maximum Gasteiger partial charge on any atom is 0.410 e. The first-order valence-corrected chi connectivity index (χ1v) is 52.0. The van der Waals surface area contributed by atoms with Crippen LogP contribution in [-0.2, 0) is 50.4 Å². The number of rotatable bonds is 30. The monoisotopic (exact) mass is 2020 g/mol. The third kappa shape index (κ3) is 30.0. The summed E-state index contributed by atoms with van der Waals surface area (Å²) in [6, 6.07) is 16.7. The number of nitrogens with one attached hydrogen (secondary N) is 1. The molecule has 11 heterocycles. The minimum absolute atomic E-state index is 0.0142. The van der Waals surface area contributed by atoms with Gasteiger partial charge in [0, 0.05) is 88.9 Å². The normalized spacial score (nSPS) is 25.1. The van der Waals surface area contributed by atoms with Gasteiger partial charge in [0.25, 0.3) is 0 Å². The summed E-state index contributed by atoms with van der Waals surface area (Å²) >= 11 is -6.03. The number of aromatic nitrogens is 5. The van der Waals surface area contributed by atoms with Crippen LogP contribution in [0.25, 0.3) is 0 Å². The van der Waals surface area contributed by atoms with Gasteiger partial charge in [-0.15, -0.1) is 6.58 Å². The van der Waals surface area contributed by atoms with Crippen LogP contribution in [0.3, 0.4) is 0 Å². The number of ether oxygens (including phenoxy) is 9. The number of aliphatic hydroxyl groups is 3. The molecule has 17 rings (SSSR count). The molecule has 1 aromatic carbocycles. The standard InChI is InChI=1S/C19H28N2O4.C19H26N2O3.C18H26N2O4.C18H24N2O4.C14H20N2O2.C13H13IO8/c1-19(2,3)25-18(23)21-6-4-15(21)12-24-16-8-14(10-20-11-16)17-9-13(17)5-7-22;1-5-13-9-17(13)14-8-16(11-20-10-14)23-12-15-6-7-21(15)18(22)24-19(2,3)4;2*1-18(2,3)24-17(22)20-5-4-14(20)11-23-15-6-12(8-19-9-15)16-7-13(16)10-21;17-4-2-10-6-14(10)11-5-13(8-15-7-11)18-9-12-1-3-16-12;1-8(15)19-14(20-9(2)16,21-10(3)17)12-7-5-4-6-11(12)13(18)22-14/h8,10-11,13,15,17,22H,4-7,9,12H2,1-3H3;5,8,10-11,13,15,17H,1,6-7,9,12H2,2-4H3;6,8-9,13-14,16,21H,4-5,7,10-11H2,1-3H3;6,8-10,13-14,16H,4-5,7,11H2,1-3H3;5,7-8,10,12,14,16-17H,1-4,6,9H2;4-7H,1-3H3/t2*13-,15-,17-;2*13-,14+,16-;10-,12-,14-;/m00110./s1. The van der Waals surface area contributed by atoms with E-state index in [1.54, 1.807) is 62.8 Å². The Labute approximate surface area is 805 Å². The molecule has 6 aliphatic heterocycles. The van der Waals surface area contributed by atoms with E-state index in [9.17, 15) is 48.3 Å². The first-order valence-electron chi connectivity index (χ1n) is 47.4. The van der Waals surface area contributed by atoms with Crippen molar-refractivity contribution in [1.82, 2.24) is 49.8 Å². The maximum absolute atomic E-state index is 12.1. The van der Waals surface area contributed by atoms with Crippen molar-refractivity contribution >= 4 is 73.2 Å². The van der Waals surface area contributed by atoms with Crippen molar-refractivity contribution in [2.24, 2.45) is 29.6 Å². The summed E-state index contributed by atoms with van der Waals surface area (Å²) in [5, 5.41) is 30.5. The van der Waals surface area contributed by atoms with Crippen molar-refractivity contribution in [3.8, 4) is 28.7 Å². The summed E-state index contributed by atoms with van der Waals surface area (Å²) in [5.41, 5.74) is 3.89. The number of pyridine rings is 5. The van der Waals surface area contributed by atoms with Crippen LogP contribution in [0.4, 0.5) is 19.2 Å². The van der Waals surface area contributed by atoms with Crippen LogP contribution in [0, 0.1) is 33.2 Å². The molecule has 5 saturated heterocycles. The Kier molecular flexibility index (Phi) is 34.9.